The zero-order valence-electron chi connectivity index (χ0n) is 23.8. The topological polar surface area (TPSA) is 58.4 Å². The summed E-state index contributed by atoms with van der Waals surface area (Å²) >= 11 is 0. The van der Waals surface area contributed by atoms with E-state index in [-0.39, 0.29) is 22.6 Å². The number of nitrogens with zero attached hydrogens (tertiary/aromatic N) is 2. The van der Waals surface area contributed by atoms with Gasteiger partial charge in [0.05, 0.1) is 11.0 Å². The van der Waals surface area contributed by atoms with E-state index in [1.165, 1.54) is 53.7 Å². The number of nitro benzene ring substituents is 1. The molecule has 1 unspecified atom stereocenters. The normalized spacial score (nSPS) is 21.4. The summed E-state index contributed by atoms with van der Waals surface area (Å²) in [5.41, 5.74) is 9.41. The van der Waals surface area contributed by atoms with Crippen LogP contribution in [0.2, 0.25) is 0 Å². The fraction of sp³-hybridized carbons (Fsp3) is 0.371. The molecule has 0 radical (unpaired) electrons. The van der Waals surface area contributed by atoms with Crippen LogP contribution in [0.25, 0.3) is 0 Å². The Morgan fingerprint density at radius 3 is 2.02 bits per heavy atom. The summed E-state index contributed by atoms with van der Waals surface area (Å²) in [6.07, 6.45) is 4.84. The van der Waals surface area contributed by atoms with E-state index in [1.54, 1.807) is 12.1 Å². The highest BCUT2D eigenvalue weighted by Gasteiger charge is 2.49. The number of benzene rings is 3. The molecule has 5 heteroatoms. The second kappa shape index (κ2) is 10.7. The molecule has 1 N–H and O–H groups in total. The number of allylic oxidation sites excluding steroid dienone is 4. The van der Waals surface area contributed by atoms with E-state index in [0.29, 0.717) is 11.3 Å². The van der Waals surface area contributed by atoms with Crippen molar-refractivity contribution < 1.29 is 4.92 Å². The Morgan fingerprint density at radius 1 is 0.850 bits per heavy atom. The first-order valence-electron chi connectivity index (χ1n) is 14.6. The van der Waals surface area contributed by atoms with E-state index in [9.17, 15) is 10.1 Å². The largest absolute Gasteiger partial charge is 0.363 e. The van der Waals surface area contributed by atoms with Crippen LogP contribution in [0.4, 0.5) is 5.69 Å². The second-order valence-electron chi connectivity index (χ2n) is 12.2. The molecule has 2 aliphatic heterocycles. The van der Waals surface area contributed by atoms with Crippen LogP contribution in [0.3, 0.4) is 0 Å². The van der Waals surface area contributed by atoms with Crippen LogP contribution in [0.15, 0.2) is 107 Å². The summed E-state index contributed by atoms with van der Waals surface area (Å²) in [6.45, 7) is 8.69. The average Bonchev–Trinajstić information content (AvgIpc) is 2.95. The third-order valence-electron chi connectivity index (χ3n) is 9.81. The first kappa shape index (κ1) is 26.5. The quantitative estimate of drug-likeness (QED) is 0.257. The van der Waals surface area contributed by atoms with E-state index in [0.717, 1.165) is 24.4 Å². The summed E-state index contributed by atoms with van der Waals surface area (Å²) in [5, 5.41) is 15.2. The van der Waals surface area contributed by atoms with E-state index >= 15 is 0 Å². The molecular formula is C35H39N3O2. The summed E-state index contributed by atoms with van der Waals surface area (Å²) in [7, 11) is 0. The Bertz CT molecular complexity index is 1400. The summed E-state index contributed by atoms with van der Waals surface area (Å²) < 4.78 is 0. The van der Waals surface area contributed by atoms with Crippen molar-refractivity contribution in [3.05, 3.63) is 134 Å². The Labute approximate surface area is 237 Å². The number of dihydropyridines is 1. The molecule has 1 aliphatic carbocycles. The molecule has 1 saturated heterocycles. The molecule has 0 amide bonds. The van der Waals surface area contributed by atoms with Gasteiger partial charge in [-0.2, -0.15) is 0 Å². The number of likely N-dealkylation sites (tertiary alicyclic amines) is 1. The zero-order valence-corrected chi connectivity index (χ0v) is 23.8. The molecule has 1 spiro atoms. The van der Waals surface area contributed by atoms with Crippen LogP contribution in [0.5, 0.6) is 0 Å². The molecule has 3 aliphatic rings. The number of nitro groups is 1. The van der Waals surface area contributed by atoms with Gasteiger partial charge in [-0.3, -0.25) is 15.0 Å². The molecule has 3 aromatic carbocycles. The van der Waals surface area contributed by atoms with Crippen LogP contribution in [-0.2, 0) is 0 Å². The van der Waals surface area contributed by atoms with Gasteiger partial charge in [0.25, 0.3) is 5.69 Å². The maximum absolute atomic E-state index is 11.6. The van der Waals surface area contributed by atoms with Gasteiger partial charge in [0, 0.05) is 29.4 Å². The Kier molecular flexibility index (Phi) is 7.09. The minimum Gasteiger partial charge on any atom is -0.363 e. The molecule has 206 valence electrons. The summed E-state index contributed by atoms with van der Waals surface area (Å²) in [4.78, 5) is 13.9. The number of hydrogen-bond donors (Lipinski definition) is 1. The van der Waals surface area contributed by atoms with Gasteiger partial charge in [-0.05, 0) is 98.7 Å². The molecule has 0 bridgehead atoms. The predicted molar refractivity (Wildman–Crippen MR) is 161 cm³/mol. The van der Waals surface area contributed by atoms with Gasteiger partial charge in [-0.25, -0.2) is 0 Å². The number of nitrogens with one attached hydrogen (secondary N) is 1. The van der Waals surface area contributed by atoms with Crippen LogP contribution >= 0.6 is 0 Å². The third kappa shape index (κ3) is 4.88. The minimum atomic E-state index is -0.281. The highest BCUT2D eigenvalue weighted by Crippen LogP contribution is 2.59. The lowest BCUT2D eigenvalue weighted by molar-refractivity contribution is -0.384. The molecule has 40 heavy (non-hydrogen) atoms. The molecule has 3 aromatic rings. The van der Waals surface area contributed by atoms with Crippen molar-refractivity contribution in [1.29, 1.82) is 0 Å². The van der Waals surface area contributed by atoms with Gasteiger partial charge < -0.3 is 5.32 Å². The monoisotopic (exact) mass is 533 g/mol. The van der Waals surface area contributed by atoms with Crippen molar-refractivity contribution in [3.8, 4) is 0 Å². The predicted octanol–water partition coefficient (Wildman–Crippen LogP) is 8.13. The number of rotatable bonds is 6. The second-order valence-corrected chi connectivity index (χ2v) is 12.2. The maximum Gasteiger partial charge on any atom is 0.269 e. The molecule has 1 atom stereocenters. The number of non-ortho nitro benzene ring substituents is 1. The van der Waals surface area contributed by atoms with Crippen molar-refractivity contribution >= 4 is 5.69 Å². The van der Waals surface area contributed by atoms with E-state index in [2.05, 4.69) is 97.7 Å². The third-order valence-corrected chi connectivity index (χ3v) is 9.81. The lowest BCUT2D eigenvalue weighted by Crippen LogP contribution is -2.49. The first-order chi connectivity index (χ1) is 19.3. The van der Waals surface area contributed by atoms with Crippen molar-refractivity contribution in [2.45, 2.75) is 58.4 Å². The van der Waals surface area contributed by atoms with Crippen LogP contribution in [0, 0.1) is 21.4 Å². The Hall–Kier alpha value is -3.70. The summed E-state index contributed by atoms with van der Waals surface area (Å²) in [5.74, 6) is 0.606. The molecule has 6 rings (SSSR count). The zero-order chi connectivity index (χ0) is 27.9. The van der Waals surface area contributed by atoms with E-state index in [4.69, 9.17) is 0 Å². The highest BCUT2D eigenvalue weighted by molar-refractivity contribution is 5.49. The molecule has 0 aromatic heterocycles. The van der Waals surface area contributed by atoms with E-state index < -0.39 is 0 Å². The molecule has 1 saturated carbocycles. The fourth-order valence-corrected chi connectivity index (χ4v) is 7.66. The van der Waals surface area contributed by atoms with Crippen LogP contribution < -0.4 is 5.32 Å². The SMILES string of the molecule is CC1=C(C)C(c2cccc([N+](=O)[O-])c2)C(C2CC3(CCN(C(c4ccccc4)c4ccccc4)CC3)C2)=C(C)N1. The molecular weight excluding hydrogens is 494 g/mol. The first-order valence-corrected chi connectivity index (χ1v) is 14.6. The minimum absolute atomic E-state index is 0.101. The highest BCUT2D eigenvalue weighted by atomic mass is 16.6. The van der Waals surface area contributed by atoms with Crippen molar-refractivity contribution in [1.82, 2.24) is 10.2 Å². The van der Waals surface area contributed by atoms with Crippen LogP contribution in [-0.4, -0.2) is 22.9 Å². The molecule has 5 nitrogen and oxygen atoms in total. The molecule has 2 heterocycles. The van der Waals surface area contributed by atoms with Crippen molar-refractivity contribution in [2.75, 3.05) is 13.1 Å². The fourth-order valence-electron chi connectivity index (χ4n) is 7.66. The number of piperidine rings is 1. The van der Waals surface area contributed by atoms with E-state index in [1.807, 2.05) is 6.07 Å². The lowest BCUT2D eigenvalue weighted by Gasteiger charge is -2.55. The Morgan fingerprint density at radius 2 is 1.45 bits per heavy atom. The lowest BCUT2D eigenvalue weighted by atomic mass is 9.53. The molecule has 2 fully saturated rings. The number of hydrogen-bond acceptors (Lipinski definition) is 4. The van der Waals surface area contributed by atoms with Gasteiger partial charge in [-0.1, -0.05) is 72.8 Å². The maximum atomic E-state index is 11.6. The standard InChI is InChI=1S/C35H39N3O2/c1-24-25(2)36-26(3)33(32(24)29-15-10-16-31(21-29)38(39)40)30-22-35(23-30)17-19-37(20-18-35)34(27-11-6-4-7-12-27)28-13-8-5-9-14-28/h4-16,21,30,32,34,36H,17-20,22-23H2,1-3H3. The smallest absolute Gasteiger partial charge is 0.269 e. The van der Waals surface area contributed by atoms with Gasteiger partial charge in [-0.15, -0.1) is 0 Å². The van der Waals surface area contributed by atoms with Gasteiger partial charge in [0.15, 0.2) is 0 Å². The van der Waals surface area contributed by atoms with Crippen molar-refractivity contribution in [3.63, 3.8) is 0 Å². The Balaban J connectivity index is 1.20. The van der Waals surface area contributed by atoms with Crippen LogP contribution in [0.1, 0.15) is 75.1 Å². The summed E-state index contributed by atoms with van der Waals surface area (Å²) in [6, 6.07) is 29.4. The van der Waals surface area contributed by atoms with Gasteiger partial charge in [0.2, 0.25) is 0 Å². The van der Waals surface area contributed by atoms with Gasteiger partial charge >= 0.3 is 0 Å². The average molecular weight is 534 g/mol. The van der Waals surface area contributed by atoms with Crippen molar-refractivity contribution in [2.24, 2.45) is 11.3 Å². The van der Waals surface area contributed by atoms with Gasteiger partial charge in [0.1, 0.15) is 0 Å².